The van der Waals surface area contributed by atoms with E-state index in [0.29, 0.717) is 36.1 Å². The first-order chi connectivity index (χ1) is 18.5. The Morgan fingerprint density at radius 2 is 1.32 bits per heavy atom. The summed E-state index contributed by atoms with van der Waals surface area (Å²) in [6.45, 7) is 30.2. The second kappa shape index (κ2) is 13.5. The Labute approximate surface area is 251 Å². The molecule has 5 unspecified atom stereocenters. The van der Waals surface area contributed by atoms with E-state index < -0.39 is 33.8 Å². The minimum Gasteiger partial charge on any atom is -0.462 e. The van der Waals surface area contributed by atoms with E-state index in [4.69, 9.17) is 26.6 Å². The molecule has 0 aromatic heterocycles. The molecular formula is C28H52O9Si4. The molecule has 5 atom stereocenters. The van der Waals surface area contributed by atoms with Crippen LogP contribution in [-0.4, -0.2) is 70.5 Å². The third kappa shape index (κ3) is 11.0. The highest BCUT2D eigenvalue weighted by molar-refractivity contribution is 6.90. The minimum absolute atomic E-state index is 0.0646. The van der Waals surface area contributed by atoms with Crippen molar-refractivity contribution in [3.8, 4) is 0 Å². The standard InChI is InChI=1S/C16H38O5Si4.C12H14O4/c1-15(2)16(17)18-13-12-14-25(19-22(3,4)5,20-23(6,7)8)21-24(9,10)11;1-5(2)11(13)15-9-6-3-7-8(4-6)12(14)16-10(7)9/h1,12-14H2,2-11H3;6-10H,1,3-4H2,2H3. The molecule has 13 heteroatoms. The van der Waals surface area contributed by atoms with Crippen molar-refractivity contribution in [2.75, 3.05) is 6.61 Å². The normalized spacial score (nSPS) is 25.2. The Balaban J connectivity index is 0.000000311. The number of carbonyl (C=O) groups excluding carboxylic acids is 3. The molecule has 1 saturated heterocycles. The number of fused-ring (bicyclic) bond motifs is 1. The van der Waals surface area contributed by atoms with Gasteiger partial charge in [0, 0.05) is 29.0 Å². The SMILES string of the molecule is C=C(C)C(=O)OC1C2CC3C(=O)OC1C3C2.C=C(C)C(=O)OCCC[Si](O[Si](C)(C)C)(O[Si](C)(C)C)O[Si](C)(C)C. The highest BCUT2D eigenvalue weighted by Gasteiger charge is 2.63. The van der Waals surface area contributed by atoms with E-state index in [9.17, 15) is 14.4 Å². The molecule has 0 radical (unpaired) electrons. The highest BCUT2D eigenvalue weighted by Crippen LogP contribution is 2.55. The van der Waals surface area contributed by atoms with E-state index in [1.807, 2.05) is 0 Å². The lowest BCUT2D eigenvalue weighted by Crippen LogP contribution is -2.60. The number of hydrogen-bond acceptors (Lipinski definition) is 9. The largest absolute Gasteiger partial charge is 0.469 e. The fraction of sp³-hybridized carbons (Fsp3) is 0.750. The number of esters is 3. The van der Waals surface area contributed by atoms with Crippen LogP contribution in [0.15, 0.2) is 24.3 Å². The highest BCUT2D eigenvalue weighted by atomic mass is 28.5. The fourth-order valence-corrected chi connectivity index (χ4v) is 20.1. The number of ether oxygens (including phenoxy) is 3. The van der Waals surface area contributed by atoms with Crippen LogP contribution >= 0.6 is 0 Å². The van der Waals surface area contributed by atoms with Crippen LogP contribution in [0.3, 0.4) is 0 Å². The Morgan fingerprint density at radius 3 is 1.76 bits per heavy atom. The van der Waals surface area contributed by atoms with Crippen LogP contribution in [0.5, 0.6) is 0 Å². The topological polar surface area (TPSA) is 107 Å². The molecule has 2 bridgehead atoms. The van der Waals surface area contributed by atoms with Crippen molar-refractivity contribution in [2.24, 2.45) is 17.8 Å². The van der Waals surface area contributed by atoms with Crippen molar-refractivity contribution in [1.82, 2.24) is 0 Å². The lowest BCUT2D eigenvalue weighted by molar-refractivity contribution is -0.158. The summed E-state index contributed by atoms with van der Waals surface area (Å²) in [5, 5.41) is 0. The zero-order valence-electron chi connectivity index (χ0n) is 27.0. The van der Waals surface area contributed by atoms with Gasteiger partial charge in [-0.1, -0.05) is 13.2 Å². The van der Waals surface area contributed by atoms with Gasteiger partial charge in [-0.25, -0.2) is 9.59 Å². The molecule has 0 aromatic carbocycles. The van der Waals surface area contributed by atoms with E-state index in [0.717, 1.165) is 12.8 Å². The Kier molecular flexibility index (Phi) is 11.8. The first-order valence-corrected chi connectivity index (χ1v) is 26.7. The third-order valence-electron chi connectivity index (χ3n) is 6.60. The van der Waals surface area contributed by atoms with Gasteiger partial charge in [-0.15, -0.1) is 0 Å². The van der Waals surface area contributed by atoms with E-state index in [1.54, 1.807) is 13.8 Å². The zero-order valence-corrected chi connectivity index (χ0v) is 31.0. The van der Waals surface area contributed by atoms with E-state index >= 15 is 0 Å². The summed E-state index contributed by atoms with van der Waals surface area (Å²) in [6.07, 6.45) is 2.00. The number of hydrogen-bond donors (Lipinski definition) is 0. The van der Waals surface area contributed by atoms with Crippen LogP contribution in [0.1, 0.15) is 33.1 Å². The van der Waals surface area contributed by atoms with Crippen LogP contribution in [-0.2, 0) is 40.9 Å². The average Bonchev–Trinajstić information content (AvgIpc) is 3.38. The van der Waals surface area contributed by atoms with Crippen LogP contribution in [0.2, 0.25) is 65.0 Å². The summed E-state index contributed by atoms with van der Waals surface area (Å²) >= 11 is 0. The third-order valence-corrected chi connectivity index (χ3v) is 18.6. The molecule has 41 heavy (non-hydrogen) atoms. The molecule has 0 N–H and O–H groups in total. The number of carbonyl (C=O) groups is 3. The molecule has 0 aromatic rings. The van der Waals surface area contributed by atoms with Gasteiger partial charge >= 0.3 is 26.7 Å². The van der Waals surface area contributed by atoms with Crippen LogP contribution in [0.4, 0.5) is 0 Å². The maximum Gasteiger partial charge on any atom is 0.469 e. The molecule has 2 saturated carbocycles. The molecule has 1 heterocycles. The predicted octanol–water partition coefficient (Wildman–Crippen LogP) is 6.04. The van der Waals surface area contributed by atoms with Crippen LogP contribution in [0.25, 0.3) is 0 Å². The van der Waals surface area contributed by atoms with Crippen LogP contribution in [0, 0.1) is 17.8 Å². The van der Waals surface area contributed by atoms with E-state index in [2.05, 4.69) is 72.1 Å². The van der Waals surface area contributed by atoms with Crippen molar-refractivity contribution < 1.29 is 40.9 Å². The monoisotopic (exact) mass is 644 g/mol. The second-order valence-corrected chi connectivity index (χ2v) is 31.4. The van der Waals surface area contributed by atoms with Crippen molar-refractivity contribution in [3.63, 3.8) is 0 Å². The van der Waals surface area contributed by atoms with Gasteiger partial charge in [0.2, 0.25) is 0 Å². The van der Waals surface area contributed by atoms with Crippen molar-refractivity contribution in [3.05, 3.63) is 24.3 Å². The smallest absolute Gasteiger partial charge is 0.462 e. The summed E-state index contributed by atoms with van der Waals surface area (Å²) in [7, 11) is -8.40. The molecule has 3 rings (SSSR count). The molecule has 1 aliphatic heterocycles. The molecule has 0 spiro atoms. The van der Waals surface area contributed by atoms with Gasteiger partial charge in [0.25, 0.3) is 0 Å². The summed E-state index contributed by atoms with van der Waals surface area (Å²) < 4.78 is 35.6. The lowest BCUT2D eigenvalue weighted by atomic mass is 9.88. The van der Waals surface area contributed by atoms with Gasteiger partial charge in [0.15, 0.2) is 25.0 Å². The van der Waals surface area contributed by atoms with Gasteiger partial charge in [0.1, 0.15) is 12.2 Å². The molecule has 9 nitrogen and oxygen atoms in total. The van der Waals surface area contributed by atoms with Crippen molar-refractivity contribution in [2.45, 2.75) is 110 Å². The van der Waals surface area contributed by atoms with Gasteiger partial charge in [-0.05, 0) is 92.0 Å². The Hall–Kier alpha value is -1.36. The van der Waals surface area contributed by atoms with Gasteiger partial charge < -0.3 is 26.6 Å². The van der Waals surface area contributed by atoms with Gasteiger partial charge in [-0.3, -0.25) is 4.79 Å². The van der Waals surface area contributed by atoms with E-state index in [-0.39, 0.29) is 42.0 Å². The summed E-state index contributed by atoms with van der Waals surface area (Å²) in [6, 6.07) is 0.676. The maximum absolute atomic E-state index is 11.6. The second-order valence-electron chi connectivity index (χ2n) is 14.4. The summed E-state index contributed by atoms with van der Waals surface area (Å²) in [5.41, 5.74) is 0.808. The Morgan fingerprint density at radius 1 is 0.829 bits per heavy atom. The number of rotatable bonds is 13. The quantitative estimate of drug-likeness (QED) is 0.0779. The molecule has 234 valence electrons. The molecular weight excluding hydrogens is 593 g/mol. The maximum atomic E-state index is 11.6. The van der Waals surface area contributed by atoms with E-state index in [1.165, 1.54) is 0 Å². The molecule has 0 amide bonds. The molecule has 3 fully saturated rings. The summed E-state index contributed by atoms with van der Waals surface area (Å²) in [5.74, 6) is -0.191. The molecule has 3 aliphatic rings. The zero-order chi connectivity index (χ0) is 31.6. The average molecular weight is 645 g/mol. The first kappa shape index (κ1) is 35.8. The predicted molar refractivity (Wildman–Crippen MR) is 169 cm³/mol. The van der Waals surface area contributed by atoms with Gasteiger partial charge in [0.05, 0.1) is 12.5 Å². The first-order valence-electron chi connectivity index (χ1n) is 14.5. The fourth-order valence-electron chi connectivity index (χ4n) is 5.48. The summed E-state index contributed by atoms with van der Waals surface area (Å²) in [4.78, 5) is 34.5. The van der Waals surface area contributed by atoms with Gasteiger partial charge in [-0.2, -0.15) is 0 Å². The lowest BCUT2D eigenvalue weighted by Gasteiger charge is -2.42. The minimum atomic E-state index is -2.83. The van der Waals surface area contributed by atoms with Crippen molar-refractivity contribution in [1.29, 1.82) is 0 Å². The van der Waals surface area contributed by atoms with Crippen molar-refractivity contribution >= 4 is 51.7 Å². The van der Waals surface area contributed by atoms with Crippen LogP contribution < -0.4 is 0 Å². The molecule has 2 aliphatic carbocycles. The Bertz CT molecular complexity index is 969.